The first-order valence-corrected chi connectivity index (χ1v) is 7.41. The maximum absolute atomic E-state index is 6.07. The van der Waals surface area contributed by atoms with E-state index in [4.69, 9.17) is 11.6 Å². The van der Waals surface area contributed by atoms with Gasteiger partial charge in [0.2, 0.25) is 0 Å². The maximum atomic E-state index is 6.07. The van der Waals surface area contributed by atoms with Gasteiger partial charge in [0.25, 0.3) is 0 Å². The molecule has 0 amide bonds. The third-order valence-electron chi connectivity index (χ3n) is 3.77. The molecule has 3 heterocycles. The molecule has 2 fully saturated rings. The van der Waals surface area contributed by atoms with Crippen molar-refractivity contribution in [3.8, 4) is 0 Å². The van der Waals surface area contributed by atoms with Gasteiger partial charge in [-0.15, -0.1) is 5.10 Å². The number of rotatable bonds is 2. The fourth-order valence-corrected chi connectivity index (χ4v) is 3.54. The Hall–Kier alpha value is -0.230. The highest BCUT2D eigenvalue weighted by atomic mass is 35.5. The SMILES string of the molecule is Clc1snnc1CN1CCCN2CCCC2C1. The summed E-state index contributed by atoms with van der Waals surface area (Å²) in [6, 6.07) is 0.753. The van der Waals surface area contributed by atoms with Crippen molar-refractivity contribution in [1.29, 1.82) is 0 Å². The quantitative estimate of drug-likeness (QED) is 0.823. The van der Waals surface area contributed by atoms with Crippen molar-refractivity contribution in [2.45, 2.75) is 31.8 Å². The van der Waals surface area contributed by atoms with Gasteiger partial charge in [0.15, 0.2) is 0 Å². The largest absolute Gasteiger partial charge is 0.299 e. The standard InChI is InChI=1S/C11H17ClN4S/c12-11-10(13-14-17-11)8-15-4-2-6-16-5-1-3-9(16)7-15/h9H,1-8H2. The Kier molecular flexibility index (Phi) is 3.61. The van der Waals surface area contributed by atoms with Gasteiger partial charge in [-0.2, -0.15) is 0 Å². The first-order valence-electron chi connectivity index (χ1n) is 6.26. The van der Waals surface area contributed by atoms with Crippen molar-refractivity contribution >= 4 is 23.1 Å². The van der Waals surface area contributed by atoms with E-state index in [0.29, 0.717) is 0 Å². The van der Waals surface area contributed by atoms with Gasteiger partial charge in [0.1, 0.15) is 10.0 Å². The van der Waals surface area contributed by atoms with Crippen LogP contribution in [0, 0.1) is 0 Å². The van der Waals surface area contributed by atoms with Crippen LogP contribution in [0.1, 0.15) is 25.0 Å². The van der Waals surface area contributed by atoms with E-state index in [2.05, 4.69) is 19.4 Å². The maximum Gasteiger partial charge on any atom is 0.138 e. The number of halogens is 1. The monoisotopic (exact) mass is 272 g/mol. The zero-order chi connectivity index (χ0) is 11.7. The normalized spacial score (nSPS) is 27.0. The second-order valence-electron chi connectivity index (χ2n) is 4.91. The summed E-state index contributed by atoms with van der Waals surface area (Å²) in [6.45, 7) is 5.72. The summed E-state index contributed by atoms with van der Waals surface area (Å²) in [5.41, 5.74) is 0.947. The minimum atomic E-state index is 0.748. The van der Waals surface area contributed by atoms with Crippen LogP contribution in [0.2, 0.25) is 4.34 Å². The Labute approximate surface area is 111 Å². The molecule has 94 valence electrons. The third kappa shape index (κ3) is 2.62. The molecule has 1 aromatic heterocycles. The zero-order valence-corrected chi connectivity index (χ0v) is 11.4. The Morgan fingerprint density at radius 1 is 1.29 bits per heavy atom. The molecule has 2 saturated heterocycles. The molecular formula is C11H17ClN4S. The third-order valence-corrected chi connectivity index (χ3v) is 4.75. The van der Waals surface area contributed by atoms with Crippen molar-refractivity contribution in [2.24, 2.45) is 0 Å². The van der Waals surface area contributed by atoms with E-state index in [0.717, 1.165) is 35.7 Å². The first kappa shape index (κ1) is 11.8. The van der Waals surface area contributed by atoms with Crippen LogP contribution in [0.4, 0.5) is 0 Å². The topological polar surface area (TPSA) is 32.3 Å². The molecular weight excluding hydrogens is 256 g/mol. The molecule has 0 N–H and O–H groups in total. The number of nitrogens with zero attached hydrogens (tertiary/aromatic N) is 4. The summed E-state index contributed by atoms with van der Waals surface area (Å²) in [5.74, 6) is 0. The van der Waals surface area contributed by atoms with Crippen molar-refractivity contribution in [3.63, 3.8) is 0 Å². The second kappa shape index (κ2) is 5.18. The molecule has 1 unspecified atom stereocenters. The van der Waals surface area contributed by atoms with Crippen LogP contribution in [0.15, 0.2) is 0 Å². The van der Waals surface area contributed by atoms with Crippen molar-refractivity contribution in [2.75, 3.05) is 26.2 Å². The molecule has 3 rings (SSSR count). The van der Waals surface area contributed by atoms with E-state index in [1.54, 1.807) is 0 Å². The summed E-state index contributed by atoms with van der Waals surface area (Å²) >= 11 is 7.35. The van der Waals surface area contributed by atoms with E-state index >= 15 is 0 Å². The fraction of sp³-hybridized carbons (Fsp3) is 0.818. The van der Waals surface area contributed by atoms with Gasteiger partial charge in [-0.25, -0.2) is 0 Å². The lowest BCUT2D eigenvalue weighted by Crippen LogP contribution is -2.36. The van der Waals surface area contributed by atoms with E-state index in [-0.39, 0.29) is 0 Å². The molecule has 0 spiro atoms. The average molecular weight is 273 g/mol. The van der Waals surface area contributed by atoms with Crippen LogP contribution in [0.25, 0.3) is 0 Å². The average Bonchev–Trinajstić information content (AvgIpc) is 2.86. The van der Waals surface area contributed by atoms with Gasteiger partial charge in [0, 0.05) is 30.7 Å². The molecule has 0 saturated carbocycles. The van der Waals surface area contributed by atoms with E-state index in [1.165, 1.54) is 43.9 Å². The summed E-state index contributed by atoms with van der Waals surface area (Å²) in [5, 5.41) is 4.11. The lowest BCUT2D eigenvalue weighted by molar-refractivity contribution is 0.214. The number of aromatic nitrogens is 2. The Bertz CT molecular complexity index is 383. The van der Waals surface area contributed by atoms with Crippen molar-refractivity contribution < 1.29 is 0 Å². The van der Waals surface area contributed by atoms with Gasteiger partial charge in [0.05, 0.1) is 0 Å². The van der Waals surface area contributed by atoms with E-state index < -0.39 is 0 Å². The highest BCUT2D eigenvalue weighted by Crippen LogP contribution is 2.24. The highest BCUT2D eigenvalue weighted by molar-refractivity contribution is 7.10. The molecule has 1 atom stereocenters. The number of hydrogen-bond acceptors (Lipinski definition) is 5. The minimum absolute atomic E-state index is 0.748. The van der Waals surface area contributed by atoms with Crippen LogP contribution < -0.4 is 0 Å². The predicted octanol–water partition coefficient (Wildman–Crippen LogP) is 1.86. The molecule has 2 aliphatic rings. The number of hydrogen-bond donors (Lipinski definition) is 0. The second-order valence-corrected chi connectivity index (χ2v) is 6.27. The van der Waals surface area contributed by atoms with Crippen LogP contribution in [0.5, 0.6) is 0 Å². The Balaban J connectivity index is 1.65. The lowest BCUT2D eigenvalue weighted by Gasteiger charge is -2.24. The summed E-state index contributed by atoms with van der Waals surface area (Å²) in [6.07, 6.45) is 3.96. The zero-order valence-electron chi connectivity index (χ0n) is 9.81. The molecule has 0 bridgehead atoms. The number of fused-ring (bicyclic) bond motifs is 1. The Morgan fingerprint density at radius 3 is 3.00 bits per heavy atom. The van der Waals surface area contributed by atoms with E-state index in [1.807, 2.05) is 0 Å². The minimum Gasteiger partial charge on any atom is -0.299 e. The van der Waals surface area contributed by atoms with Crippen LogP contribution in [-0.4, -0.2) is 51.6 Å². The van der Waals surface area contributed by atoms with Crippen LogP contribution >= 0.6 is 23.1 Å². The molecule has 2 aliphatic heterocycles. The van der Waals surface area contributed by atoms with Crippen LogP contribution in [0.3, 0.4) is 0 Å². The van der Waals surface area contributed by atoms with Gasteiger partial charge >= 0.3 is 0 Å². The molecule has 0 radical (unpaired) electrons. The predicted molar refractivity (Wildman–Crippen MR) is 69.4 cm³/mol. The van der Waals surface area contributed by atoms with Gasteiger partial charge in [-0.3, -0.25) is 9.80 Å². The molecule has 0 aromatic carbocycles. The first-order chi connectivity index (χ1) is 8.33. The molecule has 0 aliphatic carbocycles. The fourth-order valence-electron chi connectivity index (χ4n) is 2.93. The summed E-state index contributed by atoms with van der Waals surface area (Å²) < 4.78 is 4.65. The van der Waals surface area contributed by atoms with Crippen LogP contribution in [-0.2, 0) is 6.54 Å². The lowest BCUT2D eigenvalue weighted by atomic mass is 10.2. The smallest absolute Gasteiger partial charge is 0.138 e. The molecule has 4 nitrogen and oxygen atoms in total. The van der Waals surface area contributed by atoms with Crippen molar-refractivity contribution in [1.82, 2.24) is 19.4 Å². The molecule has 1 aromatic rings. The van der Waals surface area contributed by atoms with Gasteiger partial charge in [-0.1, -0.05) is 16.1 Å². The van der Waals surface area contributed by atoms with Gasteiger partial charge in [-0.05, 0) is 38.9 Å². The summed E-state index contributed by atoms with van der Waals surface area (Å²) in [4.78, 5) is 5.12. The molecule has 6 heteroatoms. The van der Waals surface area contributed by atoms with E-state index in [9.17, 15) is 0 Å². The highest BCUT2D eigenvalue weighted by Gasteiger charge is 2.29. The summed E-state index contributed by atoms with van der Waals surface area (Å²) in [7, 11) is 0. The van der Waals surface area contributed by atoms with Crippen molar-refractivity contribution in [3.05, 3.63) is 10.0 Å². The van der Waals surface area contributed by atoms with Gasteiger partial charge < -0.3 is 0 Å². The Morgan fingerprint density at radius 2 is 2.18 bits per heavy atom. The molecule has 17 heavy (non-hydrogen) atoms.